The lowest BCUT2D eigenvalue weighted by Gasteiger charge is -2.31. The van der Waals surface area contributed by atoms with Gasteiger partial charge in [-0.05, 0) is 6.92 Å². The van der Waals surface area contributed by atoms with Crippen molar-refractivity contribution in [1.82, 2.24) is 10.2 Å². The molecule has 1 aliphatic heterocycles. The Morgan fingerprint density at radius 2 is 2.27 bits per heavy atom. The molecule has 84 valence electrons. The number of hydrogen-bond acceptors (Lipinski definition) is 5. The van der Waals surface area contributed by atoms with Gasteiger partial charge in [0.1, 0.15) is 0 Å². The van der Waals surface area contributed by atoms with Crippen molar-refractivity contribution in [2.75, 3.05) is 6.54 Å². The van der Waals surface area contributed by atoms with E-state index in [1.807, 2.05) is 5.32 Å². The van der Waals surface area contributed by atoms with Crippen LogP contribution in [-0.4, -0.2) is 40.7 Å². The minimum Gasteiger partial charge on any atom is -0.372 e. The van der Waals surface area contributed by atoms with Crippen molar-refractivity contribution >= 4 is 17.9 Å². The maximum atomic E-state index is 11.6. The molecule has 0 aromatic carbocycles. The summed E-state index contributed by atoms with van der Waals surface area (Å²) in [6.07, 6.45) is -1.77. The van der Waals surface area contributed by atoms with Gasteiger partial charge in [-0.3, -0.25) is 14.6 Å². The number of imide groups is 1. The van der Waals surface area contributed by atoms with Gasteiger partial charge in [0.25, 0.3) is 0 Å². The molecule has 1 saturated heterocycles. The number of nitrogens with one attached hydrogen (secondary N) is 1. The number of amides is 3. The predicted molar refractivity (Wildman–Crippen MR) is 42.6 cm³/mol. The topological polar surface area (TPSA) is 95.9 Å². The lowest BCUT2D eigenvalue weighted by molar-refractivity contribution is -0.196. The van der Waals surface area contributed by atoms with E-state index in [9.17, 15) is 24.0 Å². The normalized spacial score (nSPS) is 26.2. The second-order valence-corrected chi connectivity index (χ2v) is 2.85. The molecule has 3 amide bonds. The largest absolute Gasteiger partial charge is 0.372 e. The van der Waals surface area contributed by atoms with Crippen molar-refractivity contribution in [2.24, 2.45) is 5.92 Å². The molecule has 0 aromatic rings. The average molecular weight is 220 g/mol. The number of carbonyl (C=O) groups is 3. The molecule has 2 atom stereocenters. The Morgan fingerprint density at radius 3 is 2.73 bits per heavy atom. The molecule has 1 rings (SSSR count). The first-order chi connectivity index (χ1) is 7.02. The van der Waals surface area contributed by atoms with E-state index >= 15 is 0 Å². The van der Waals surface area contributed by atoms with Gasteiger partial charge < -0.3 is 10.4 Å². The van der Waals surface area contributed by atoms with Gasteiger partial charge in [-0.25, -0.2) is 9.59 Å². The van der Waals surface area contributed by atoms with Crippen molar-refractivity contribution < 1.29 is 29.0 Å². The van der Waals surface area contributed by atoms with Crippen LogP contribution in [0.5, 0.6) is 0 Å². The van der Waals surface area contributed by atoms with Crippen LogP contribution >= 0.6 is 0 Å². The second-order valence-electron chi connectivity index (χ2n) is 2.85. The number of urea groups is 1. The highest BCUT2D eigenvalue weighted by Crippen LogP contribution is 2.15. The van der Waals surface area contributed by atoms with Crippen LogP contribution in [-0.2, 0) is 14.5 Å². The van der Waals surface area contributed by atoms with Crippen LogP contribution in [0.1, 0.15) is 6.92 Å². The van der Waals surface area contributed by atoms with Gasteiger partial charge in [0.15, 0.2) is 12.1 Å². The minimum absolute atomic E-state index is 0.00739. The molecular formula is C7H9FN2O5. The number of aliphatic hydroxyl groups excluding tert-OH is 1. The number of rotatable bonds is 2. The van der Waals surface area contributed by atoms with E-state index in [1.54, 1.807) is 0 Å². The summed E-state index contributed by atoms with van der Waals surface area (Å²) in [6.45, 7) is 1.50. The van der Waals surface area contributed by atoms with E-state index in [-0.39, 0.29) is 6.54 Å². The maximum Gasteiger partial charge on any atom is 0.365 e. The first-order valence-electron chi connectivity index (χ1n) is 4.15. The molecule has 0 spiro atoms. The maximum absolute atomic E-state index is 11.6. The Labute approximate surface area is 83.7 Å². The third-order valence-corrected chi connectivity index (χ3v) is 2.01. The summed E-state index contributed by atoms with van der Waals surface area (Å²) >= 11 is 0. The van der Waals surface area contributed by atoms with Gasteiger partial charge in [-0.2, -0.15) is 0 Å². The summed E-state index contributed by atoms with van der Waals surface area (Å²) in [4.78, 5) is 36.8. The summed E-state index contributed by atoms with van der Waals surface area (Å²) in [5, 5.41) is 11.1. The van der Waals surface area contributed by atoms with E-state index in [2.05, 4.69) is 4.94 Å². The summed E-state index contributed by atoms with van der Waals surface area (Å²) in [7, 11) is 0. The molecule has 0 aromatic heterocycles. The van der Waals surface area contributed by atoms with E-state index in [1.165, 1.54) is 6.92 Å². The average Bonchev–Trinajstić information content (AvgIpc) is 2.17. The smallest absolute Gasteiger partial charge is 0.365 e. The van der Waals surface area contributed by atoms with E-state index in [0.717, 1.165) is 0 Å². The fourth-order valence-corrected chi connectivity index (χ4v) is 1.27. The van der Waals surface area contributed by atoms with Crippen LogP contribution in [0.15, 0.2) is 0 Å². The highest BCUT2D eigenvalue weighted by Gasteiger charge is 2.45. The molecule has 1 fully saturated rings. The van der Waals surface area contributed by atoms with Crippen molar-refractivity contribution in [3.63, 3.8) is 0 Å². The third kappa shape index (κ3) is 1.89. The molecule has 15 heavy (non-hydrogen) atoms. The fraction of sp³-hybridized carbons (Fsp3) is 0.571. The Morgan fingerprint density at radius 1 is 1.67 bits per heavy atom. The SMILES string of the molecule is CCN1C(=O)NC(O)C(C(=O)OF)C1=O. The highest BCUT2D eigenvalue weighted by atomic mass is 19.3. The number of carbonyl (C=O) groups excluding carboxylic acids is 3. The molecule has 0 aliphatic carbocycles. The zero-order chi connectivity index (χ0) is 11.6. The standard InChI is InChI=1S/C7H9FN2O5/c1-2-10-5(12)3(6(13)15-8)4(11)9-7(10)14/h3-4,11H,2H2,1H3,(H,9,14). The summed E-state index contributed by atoms with van der Waals surface area (Å²) in [6, 6.07) is -0.835. The van der Waals surface area contributed by atoms with Crippen molar-refractivity contribution in [3.8, 4) is 0 Å². The molecule has 1 heterocycles. The number of hydrogen-bond donors (Lipinski definition) is 2. The van der Waals surface area contributed by atoms with Crippen LogP contribution in [0.3, 0.4) is 0 Å². The lowest BCUT2D eigenvalue weighted by atomic mass is 10.0. The third-order valence-electron chi connectivity index (χ3n) is 2.01. The molecule has 1 aliphatic rings. The Kier molecular flexibility index (Phi) is 3.20. The predicted octanol–water partition coefficient (Wildman–Crippen LogP) is -1.08. The van der Waals surface area contributed by atoms with Crippen molar-refractivity contribution in [3.05, 3.63) is 0 Å². The van der Waals surface area contributed by atoms with Gasteiger partial charge >= 0.3 is 12.0 Å². The van der Waals surface area contributed by atoms with Gasteiger partial charge in [-0.15, -0.1) is 0 Å². The quantitative estimate of drug-likeness (QED) is 0.577. The molecule has 0 bridgehead atoms. The molecule has 0 saturated carbocycles. The molecule has 7 nitrogen and oxygen atoms in total. The van der Waals surface area contributed by atoms with Gasteiger partial charge in [0.2, 0.25) is 5.91 Å². The van der Waals surface area contributed by atoms with E-state index in [4.69, 9.17) is 0 Å². The number of aliphatic hydroxyl groups is 1. The summed E-state index contributed by atoms with van der Waals surface area (Å²) < 4.78 is 11.6. The molecular weight excluding hydrogens is 211 g/mol. The van der Waals surface area contributed by atoms with Gasteiger partial charge in [-0.1, -0.05) is 0 Å². The van der Waals surface area contributed by atoms with E-state index in [0.29, 0.717) is 4.90 Å². The molecule has 2 unspecified atom stereocenters. The molecule has 0 radical (unpaired) electrons. The van der Waals surface area contributed by atoms with Crippen molar-refractivity contribution in [1.29, 1.82) is 0 Å². The summed E-state index contributed by atoms with van der Waals surface area (Å²) in [5.74, 6) is -4.28. The molecule has 2 N–H and O–H groups in total. The Hall–Kier alpha value is -1.70. The van der Waals surface area contributed by atoms with Crippen LogP contribution in [0.2, 0.25) is 0 Å². The fourth-order valence-electron chi connectivity index (χ4n) is 1.27. The lowest BCUT2D eigenvalue weighted by Crippen LogP contribution is -2.61. The minimum atomic E-state index is -1.77. The first kappa shape index (κ1) is 11.4. The van der Waals surface area contributed by atoms with Gasteiger partial charge in [0.05, 0.1) is 0 Å². The monoisotopic (exact) mass is 220 g/mol. The van der Waals surface area contributed by atoms with Crippen LogP contribution in [0.25, 0.3) is 0 Å². The van der Waals surface area contributed by atoms with Crippen LogP contribution in [0, 0.1) is 5.92 Å². The Bertz CT molecular complexity index is 308. The zero-order valence-corrected chi connectivity index (χ0v) is 7.77. The van der Waals surface area contributed by atoms with Crippen LogP contribution in [0.4, 0.5) is 9.32 Å². The molecule has 8 heteroatoms. The first-order valence-corrected chi connectivity index (χ1v) is 4.15. The zero-order valence-electron chi connectivity index (χ0n) is 7.77. The summed E-state index contributed by atoms with van der Waals surface area (Å²) in [5.41, 5.74) is 0. The van der Waals surface area contributed by atoms with Gasteiger partial charge in [0, 0.05) is 11.1 Å². The second kappa shape index (κ2) is 4.22. The number of nitrogens with zero attached hydrogens (tertiary/aromatic N) is 1. The number of halogens is 1. The van der Waals surface area contributed by atoms with E-state index < -0.39 is 30.1 Å². The highest BCUT2D eigenvalue weighted by molar-refractivity contribution is 6.07. The van der Waals surface area contributed by atoms with Crippen LogP contribution < -0.4 is 5.32 Å². The Balaban J connectivity index is 2.92. The van der Waals surface area contributed by atoms with Crippen molar-refractivity contribution in [2.45, 2.75) is 13.2 Å².